The van der Waals surface area contributed by atoms with Crippen LogP contribution in [0.2, 0.25) is 0 Å². The number of anilines is 1. The van der Waals surface area contributed by atoms with E-state index in [9.17, 15) is 9.59 Å². The highest BCUT2D eigenvalue weighted by Crippen LogP contribution is 2.28. The fourth-order valence-electron chi connectivity index (χ4n) is 4.39. The lowest BCUT2D eigenvalue weighted by molar-refractivity contribution is 0.0946. The molecule has 1 unspecified atom stereocenters. The zero-order valence-corrected chi connectivity index (χ0v) is 17.2. The van der Waals surface area contributed by atoms with Crippen molar-refractivity contribution in [3.8, 4) is 11.3 Å². The third-order valence-corrected chi connectivity index (χ3v) is 6.06. The van der Waals surface area contributed by atoms with Gasteiger partial charge in [-0.15, -0.1) is 0 Å². The molecule has 2 aromatic carbocycles. The minimum Gasteiger partial charge on any atom is -0.352 e. The van der Waals surface area contributed by atoms with Crippen molar-refractivity contribution in [1.82, 2.24) is 20.2 Å². The molecule has 1 saturated heterocycles. The summed E-state index contributed by atoms with van der Waals surface area (Å²) in [5.41, 5.74) is 4.40. The summed E-state index contributed by atoms with van der Waals surface area (Å²) in [5, 5.41) is 5.81. The lowest BCUT2D eigenvalue weighted by Crippen LogP contribution is -2.42. The van der Waals surface area contributed by atoms with Crippen LogP contribution in [0.15, 0.2) is 54.7 Å². The molecule has 2 aliphatic rings. The van der Waals surface area contributed by atoms with E-state index in [-0.39, 0.29) is 17.9 Å². The molecule has 7 heteroatoms. The molecule has 3 amide bonds. The molecule has 0 bridgehead atoms. The summed E-state index contributed by atoms with van der Waals surface area (Å²) in [4.78, 5) is 34.8. The van der Waals surface area contributed by atoms with Gasteiger partial charge in [0, 0.05) is 36.8 Å². The first-order valence-corrected chi connectivity index (χ1v) is 10.7. The zero-order chi connectivity index (χ0) is 21.2. The Morgan fingerprint density at radius 1 is 1.16 bits per heavy atom. The quantitative estimate of drug-likeness (QED) is 0.608. The van der Waals surface area contributed by atoms with Gasteiger partial charge in [-0.05, 0) is 42.5 Å². The van der Waals surface area contributed by atoms with Crippen molar-refractivity contribution in [2.45, 2.75) is 25.2 Å². The fraction of sp³-hybridized carbons (Fsp3) is 0.292. The number of fused-ring (bicyclic) bond motifs is 1. The van der Waals surface area contributed by atoms with Crippen molar-refractivity contribution < 1.29 is 9.59 Å². The molecule has 1 aromatic heterocycles. The van der Waals surface area contributed by atoms with Crippen LogP contribution in [-0.2, 0) is 6.42 Å². The molecule has 5 rings (SSSR count). The molecule has 0 aliphatic carbocycles. The van der Waals surface area contributed by atoms with Gasteiger partial charge in [0.25, 0.3) is 5.91 Å². The summed E-state index contributed by atoms with van der Waals surface area (Å²) < 4.78 is 0. The van der Waals surface area contributed by atoms with Crippen LogP contribution in [0.25, 0.3) is 11.3 Å². The van der Waals surface area contributed by atoms with Crippen molar-refractivity contribution in [2.24, 2.45) is 0 Å². The predicted molar refractivity (Wildman–Crippen MR) is 119 cm³/mol. The maximum atomic E-state index is 12.9. The number of piperidine rings is 1. The Bertz CT molecular complexity index is 1110. The molecular weight excluding hydrogens is 390 g/mol. The van der Waals surface area contributed by atoms with Crippen molar-refractivity contribution in [2.75, 3.05) is 25.0 Å². The van der Waals surface area contributed by atoms with E-state index < -0.39 is 0 Å². The number of aromatic amines is 1. The summed E-state index contributed by atoms with van der Waals surface area (Å²) in [6.45, 7) is 1.98. The molecule has 158 valence electrons. The van der Waals surface area contributed by atoms with Gasteiger partial charge < -0.3 is 20.5 Å². The average molecular weight is 415 g/mol. The standard InChI is InChI=1S/C24H25N5O2/c30-23-20-13-19(9-8-16(20)10-11-25-23)27-24(31)29-12-4-7-18(15-29)22-26-14-21(28-22)17-5-2-1-3-6-17/h1-3,5-6,8-9,13-14,18H,4,7,10-12,15H2,(H,25,30)(H,26,28)(H,27,31). The van der Waals surface area contributed by atoms with E-state index in [0.717, 1.165) is 41.9 Å². The van der Waals surface area contributed by atoms with E-state index in [2.05, 4.69) is 32.7 Å². The summed E-state index contributed by atoms with van der Waals surface area (Å²) in [7, 11) is 0. The molecule has 3 aromatic rings. The van der Waals surface area contributed by atoms with Crippen molar-refractivity contribution in [3.63, 3.8) is 0 Å². The topological polar surface area (TPSA) is 90.1 Å². The van der Waals surface area contributed by atoms with Crippen molar-refractivity contribution in [1.29, 1.82) is 0 Å². The SMILES string of the molecule is O=C1NCCc2ccc(NC(=O)N3CCCC(c4ncc(-c5ccccc5)[nH]4)C3)cc21. The van der Waals surface area contributed by atoms with E-state index in [1.165, 1.54) is 0 Å². The fourth-order valence-corrected chi connectivity index (χ4v) is 4.39. The molecule has 31 heavy (non-hydrogen) atoms. The lowest BCUT2D eigenvalue weighted by atomic mass is 9.97. The molecule has 2 aliphatic heterocycles. The molecule has 3 heterocycles. The number of urea groups is 1. The van der Waals surface area contributed by atoms with Gasteiger partial charge in [-0.1, -0.05) is 36.4 Å². The third kappa shape index (κ3) is 4.03. The molecule has 1 fully saturated rings. The second-order valence-corrected chi connectivity index (χ2v) is 8.14. The van der Waals surface area contributed by atoms with Gasteiger partial charge in [0.2, 0.25) is 0 Å². The number of nitrogens with zero attached hydrogens (tertiary/aromatic N) is 2. The molecule has 0 radical (unpaired) electrons. The Labute approximate surface area is 180 Å². The Morgan fingerprint density at radius 2 is 2.03 bits per heavy atom. The number of aromatic nitrogens is 2. The van der Waals surface area contributed by atoms with Crippen LogP contribution in [0.4, 0.5) is 10.5 Å². The van der Waals surface area contributed by atoms with E-state index in [1.807, 2.05) is 41.4 Å². The van der Waals surface area contributed by atoms with Crippen LogP contribution in [-0.4, -0.2) is 46.4 Å². The minimum absolute atomic E-state index is 0.0811. The highest BCUT2D eigenvalue weighted by atomic mass is 16.2. The number of benzene rings is 2. The Balaban J connectivity index is 1.26. The molecule has 0 saturated carbocycles. The maximum Gasteiger partial charge on any atom is 0.321 e. The number of rotatable bonds is 3. The first kappa shape index (κ1) is 19.4. The van der Waals surface area contributed by atoms with Gasteiger partial charge in [0.05, 0.1) is 11.9 Å². The largest absolute Gasteiger partial charge is 0.352 e. The van der Waals surface area contributed by atoms with Gasteiger partial charge in [-0.2, -0.15) is 0 Å². The summed E-state index contributed by atoms with van der Waals surface area (Å²) in [6.07, 6.45) is 4.59. The Kier molecular flexibility index (Phi) is 5.16. The highest BCUT2D eigenvalue weighted by Gasteiger charge is 2.27. The number of H-pyrrole nitrogens is 1. The molecule has 0 spiro atoms. The van der Waals surface area contributed by atoms with Crippen LogP contribution in [0.3, 0.4) is 0 Å². The predicted octanol–water partition coefficient (Wildman–Crippen LogP) is 3.77. The molecule has 7 nitrogen and oxygen atoms in total. The van der Waals surface area contributed by atoms with Crippen LogP contribution in [0.1, 0.15) is 40.5 Å². The smallest absolute Gasteiger partial charge is 0.321 e. The lowest BCUT2D eigenvalue weighted by Gasteiger charge is -2.32. The number of amides is 3. The molecule has 1 atom stereocenters. The highest BCUT2D eigenvalue weighted by molar-refractivity contribution is 5.99. The van der Waals surface area contributed by atoms with E-state index >= 15 is 0 Å². The van der Waals surface area contributed by atoms with Crippen LogP contribution >= 0.6 is 0 Å². The summed E-state index contributed by atoms with van der Waals surface area (Å²) in [6, 6.07) is 15.5. The minimum atomic E-state index is -0.143. The van der Waals surface area contributed by atoms with Gasteiger partial charge in [-0.3, -0.25) is 4.79 Å². The average Bonchev–Trinajstić information content (AvgIpc) is 3.31. The van der Waals surface area contributed by atoms with Crippen LogP contribution in [0, 0.1) is 0 Å². The van der Waals surface area contributed by atoms with E-state index in [4.69, 9.17) is 0 Å². The normalized spacial score (nSPS) is 18.3. The Hall–Kier alpha value is -3.61. The monoisotopic (exact) mass is 415 g/mol. The summed E-state index contributed by atoms with van der Waals surface area (Å²) in [5.74, 6) is 1.01. The van der Waals surface area contributed by atoms with Crippen LogP contribution in [0.5, 0.6) is 0 Å². The Morgan fingerprint density at radius 3 is 2.90 bits per heavy atom. The number of imidazole rings is 1. The van der Waals surface area contributed by atoms with E-state index in [0.29, 0.717) is 30.9 Å². The molecule has 3 N–H and O–H groups in total. The first-order valence-electron chi connectivity index (χ1n) is 10.7. The zero-order valence-electron chi connectivity index (χ0n) is 17.2. The first-order chi connectivity index (χ1) is 15.2. The number of carbonyl (C=O) groups excluding carboxylic acids is 2. The number of likely N-dealkylation sites (tertiary alicyclic amines) is 1. The second kappa shape index (κ2) is 8.26. The number of nitrogens with one attached hydrogen (secondary N) is 3. The number of carbonyl (C=O) groups is 2. The van der Waals surface area contributed by atoms with Crippen LogP contribution < -0.4 is 10.6 Å². The van der Waals surface area contributed by atoms with Gasteiger partial charge in [0.1, 0.15) is 5.82 Å². The summed E-state index contributed by atoms with van der Waals surface area (Å²) >= 11 is 0. The number of hydrogen-bond acceptors (Lipinski definition) is 3. The van der Waals surface area contributed by atoms with Crippen molar-refractivity contribution >= 4 is 17.6 Å². The van der Waals surface area contributed by atoms with Gasteiger partial charge in [0.15, 0.2) is 0 Å². The second-order valence-electron chi connectivity index (χ2n) is 8.14. The maximum absolute atomic E-state index is 12.9. The molecular formula is C24H25N5O2. The van der Waals surface area contributed by atoms with Gasteiger partial charge in [-0.25, -0.2) is 9.78 Å². The number of hydrogen-bond donors (Lipinski definition) is 3. The van der Waals surface area contributed by atoms with E-state index in [1.54, 1.807) is 6.07 Å². The van der Waals surface area contributed by atoms with Gasteiger partial charge >= 0.3 is 6.03 Å². The third-order valence-electron chi connectivity index (χ3n) is 6.06. The van der Waals surface area contributed by atoms with Crippen molar-refractivity contribution in [3.05, 3.63) is 71.7 Å².